The van der Waals surface area contributed by atoms with Crippen LogP contribution < -0.4 is 21.3 Å². The smallest absolute Gasteiger partial charge is 0.333 e. The third kappa shape index (κ3) is 5.83. The average Bonchev–Trinajstić information content (AvgIpc) is 3.28. The summed E-state index contributed by atoms with van der Waals surface area (Å²) in [5.41, 5.74) is -1.98. The third-order valence-corrected chi connectivity index (χ3v) is 9.57. The molecule has 1 fully saturated rings. The Morgan fingerprint density at radius 2 is 1.83 bits per heavy atom. The van der Waals surface area contributed by atoms with Crippen molar-refractivity contribution >= 4 is 33.4 Å². The number of carboxylic acid groups (broad SMARTS) is 1. The molecule has 1 aliphatic carbocycles. The lowest BCUT2D eigenvalue weighted by Gasteiger charge is -2.30. The zero-order chi connectivity index (χ0) is 30.1. The van der Waals surface area contributed by atoms with E-state index in [1.165, 1.54) is 18.4 Å². The van der Waals surface area contributed by atoms with Crippen molar-refractivity contribution in [1.29, 1.82) is 0 Å². The molecule has 0 saturated heterocycles. The Hall–Kier alpha value is -3.44. The van der Waals surface area contributed by atoms with E-state index in [0.717, 1.165) is 34.3 Å². The number of methoxy groups -OCH3 is 1. The summed E-state index contributed by atoms with van der Waals surface area (Å²) in [4.78, 5) is 53.8. The summed E-state index contributed by atoms with van der Waals surface area (Å²) in [6.45, 7) is 6.64. The lowest BCUT2D eigenvalue weighted by molar-refractivity contribution is -0.146. The van der Waals surface area contributed by atoms with Crippen LogP contribution in [0.2, 0.25) is 0 Å². The number of nitrogens with one attached hydrogen (secondary N) is 1. The van der Waals surface area contributed by atoms with Gasteiger partial charge in [0.2, 0.25) is 0 Å². The number of para-hydroxylation sites is 1. The summed E-state index contributed by atoms with van der Waals surface area (Å²) in [5.74, 6) is -0.919. The van der Waals surface area contributed by atoms with Gasteiger partial charge in [0.05, 0.1) is 23.5 Å². The second kappa shape index (κ2) is 12.2. The first-order valence-corrected chi connectivity index (χ1v) is 14.9. The standard InChI is InChI=1S/C30H39N3O7S/c1-6-31-25(35)24-17(2)23-26(36)33(30(3,4)28(37)38)29(39)32(27(23)41-24)16-19(15-18-11-13-20(34)14-12-18)21-9-7-8-10-22(21)40-5/h7-10,18-20,34H,6,11-16H2,1-5H3,(H,31,35)(H,37,38)/t18?,19-,20?/m0/s1. The number of aromatic nitrogens is 2. The molecule has 1 aromatic carbocycles. The number of aliphatic hydroxyl groups is 1. The molecule has 1 amide bonds. The molecule has 222 valence electrons. The number of aryl methyl sites for hydroxylation is 1. The highest BCUT2D eigenvalue weighted by Crippen LogP contribution is 2.38. The van der Waals surface area contributed by atoms with Crippen molar-refractivity contribution in [1.82, 2.24) is 14.5 Å². The molecule has 0 aliphatic heterocycles. The molecule has 10 nitrogen and oxygen atoms in total. The van der Waals surface area contributed by atoms with Gasteiger partial charge in [-0.2, -0.15) is 0 Å². The normalized spacial score (nSPS) is 18.3. The summed E-state index contributed by atoms with van der Waals surface area (Å²) < 4.78 is 7.96. The van der Waals surface area contributed by atoms with Crippen LogP contribution in [-0.2, 0) is 16.9 Å². The molecule has 1 aliphatic rings. The second-order valence-electron chi connectivity index (χ2n) is 11.3. The molecule has 0 spiro atoms. The van der Waals surface area contributed by atoms with E-state index in [-0.39, 0.29) is 29.9 Å². The minimum Gasteiger partial charge on any atom is -0.496 e. The first-order valence-electron chi connectivity index (χ1n) is 14.0. The van der Waals surface area contributed by atoms with Crippen LogP contribution in [0.3, 0.4) is 0 Å². The van der Waals surface area contributed by atoms with Gasteiger partial charge < -0.3 is 20.3 Å². The monoisotopic (exact) mass is 585 g/mol. The van der Waals surface area contributed by atoms with Gasteiger partial charge in [-0.3, -0.25) is 14.2 Å². The molecule has 2 aromatic heterocycles. The number of fused-ring (bicyclic) bond motifs is 1. The average molecular weight is 586 g/mol. The SMILES string of the molecule is CCNC(=O)c1sc2c(c1C)c(=O)n(C(C)(C)C(=O)O)c(=O)n2C[C@H](CC1CCC(O)CC1)c1ccccc1OC. The van der Waals surface area contributed by atoms with Gasteiger partial charge >= 0.3 is 11.7 Å². The van der Waals surface area contributed by atoms with Gasteiger partial charge in [0.1, 0.15) is 16.1 Å². The quantitative estimate of drug-likeness (QED) is 0.329. The second-order valence-corrected chi connectivity index (χ2v) is 12.3. The molecule has 2 heterocycles. The van der Waals surface area contributed by atoms with Crippen molar-refractivity contribution in [2.24, 2.45) is 5.92 Å². The summed E-state index contributed by atoms with van der Waals surface area (Å²) in [7, 11) is 1.59. The number of nitrogens with zero attached hydrogens (tertiary/aromatic N) is 2. The van der Waals surface area contributed by atoms with Gasteiger partial charge in [-0.05, 0) is 82.9 Å². The number of carboxylic acids is 1. The fraction of sp³-hybridized carbons (Fsp3) is 0.533. The topological polar surface area (TPSA) is 140 Å². The van der Waals surface area contributed by atoms with Gasteiger partial charge in [0.25, 0.3) is 11.5 Å². The number of rotatable bonds is 10. The summed E-state index contributed by atoms with van der Waals surface area (Å²) in [6, 6.07) is 7.60. The number of carbonyl (C=O) groups excluding carboxylic acids is 1. The Kier molecular flexibility index (Phi) is 9.08. The minimum absolute atomic E-state index is 0.152. The van der Waals surface area contributed by atoms with Gasteiger partial charge in [-0.25, -0.2) is 14.2 Å². The van der Waals surface area contributed by atoms with Crippen LogP contribution in [-0.4, -0.2) is 51.0 Å². The van der Waals surface area contributed by atoms with Crippen LogP contribution in [0.25, 0.3) is 10.2 Å². The number of thiophene rings is 1. The zero-order valence-electron chi connectivity index (χ0n) is 24.2. The fourth-order valence-corrected chi connectivity index (χ4v) is 7.08. The van der Waals surface area contributed by atoms with Crippen molar-refractivity contribution in [3.63, 3.8) is 0 Å². The van der Waals surface area contributed by atoms with E-state index >= 15 is 0 Å². The molecule has 3 aromatic rings. The maximum Gasteiger partial charge on any atom is 0.333 e. The van der Waals surface area contributed by atoms with Crippen molar-refractivity contribution in [3.05, 3.63) is 61.1 Å². The number of carbonyl (C=O) groups is 2. The molecule has 1 atom stereocenters. The summed E-state index contributed by atoms with van der Waals surface area (Å²) in [5, 5.41) is 23.0. The third-order valence-electron chi connectivity index (χ3n) is 8.25. The first kappa shape index (κ1) is 30.5. The number of aliphatic carboxylic acids is 1. The van der Waals surface area contributed by atoms with Gasteiger partial charge in [-0.15, -0.1) is 11.3 Å². The lowest BCUT2D eigenvalue weighted by atomic mass is 9.79. The Balaban J connectivity index is 1.97. The van der Waals surface area contributed by atoms with Gasteiger partial charge in [0, 0.05) is 19.0 Å². The van der Waals surface area contributed by atoms with Crippen molar-refractivity contribution in [2.75, 3.05) is 13.7 Å². The molecule has 11 heteroatoms. The maximum absolute atomic E-state index is 14.1. The largest absolute Gasteiger partial charge is 0.496 e. The van der Waals surface area contributed by atoms with E-state index in [1.54, 1.807) is 21.0 Å². The molecular weight excluding hydrogens is 546 g/mol. The molecule has 1 saturated carbocycles. The Bertz CT molecular complexity index is 1560. The van der Waals surface area contributed by atoms with Crippen LogP contribution in [0.1, 0.15) is 79.6 Å². The predicted octanol–water partition coefficient (Wildman–Crippen LogP) is 3.84. The van der Waals surface area contributed by atoms with Crippen LogP contribution in [0, 0.1) is 12.8 Å². The molecule has 0 unspecified atom stereocenters. The van der Waals surface area contributed by atoms with Gasteiger partial charge in [-0.1, -0.05) is 18.2 Å². The van der Waals surface area contributed by atoms with Crippen molar-refractivity contribution < 1.29 is 24.5 Å². The zero-order valence-corrected chi connectivity index (χ0v) is 25.0. The van der Waals surface area contributed by atoms with Crippen LogP contribution in [0.15, 0.2) is 33.9 Å². The molecular formula is C30H39N3O7S. The van der Waals surface area contributed by atoms with Crippen molar-refractivity contribution in [3.8, 4) is 5.75 Å². The maximum atomic E-state index is 14.1. The van der Waals surface area contributed by atoms with E-state index in [9.17, 15) is 29.4 Å². The van der Waals surface area contributed by atoms with Crippen LogP contribution in [0.5, 0.6) is 5.75 Å². The van der Waals surface area contributed by atoms with Crippen LogP contribution in [0.4, 0.5) is 0 Å². The number of aliphatic hydroxyl groups excluding tert-OH is 1. The number of benzene rings is 1. The van der Waals surface area contributed by atoms with Crippen molar-refractivity contribution in [2.45, 2.75) is 83.9 Å². The Morgan fingerprint density at radius 3 is 2.44 bits per heavy atom. The summed E-state index contributed by atoms with van der Waals surface area (Å²) in [6.07, 6.45) is 3.53. The fourth-order valence-electron chi connectivity index (χ4n) is 5.86. The van der Waals surface area contributed by atoms with E-state index in [0.29, 0.717) is 52.7 Å². The Labute approximate surface area is 242 Å². The molecule has 41 heavy (non-hydrogen) atoms. The molecule has 0 bridgehead atoms. The summed E-state index contributed by atoms with van der Waals surface area (Å²) >= 11 is 1.07. The Morgan fingerprint density at radius 1 is 1.17 bits per heavy atom. The highest BCUT2D eigenvalue weighted by atomic mass is 32.1. The van der Waals surface area contributed by atoms with E-state index in [1.807, 2.05) is 24.3 Å². The number of hydrogen-bond acceptors (Lipinski definition) is 7. The van der Waals surface area contributed by atoms with E-state index in [4.69, 9.17) is 4.74 Å². The number of ether oxygens (including phenoxy) is 1. The molecule has 3 N–H and O–H groups in total. The molecule has 4 rings (SSSR count). The first-order chi connectivity index (χ1) is 19.4. The number of hydrogen-bond donors (Lipinski definition) is 3. The predicted molar refractivity (Wildman–Crippen MR) is 158 cm³/mol. The lowest BCUT2D eigenvalue weighted by Crippen LogP contribution is -2.52. The minimum atomic E-state index is -1.83. The van der Waals surface area contributed by atoms with Gasteiger partial charge in [0.15, 0.2) is 0 Å². The highest BCUT2D eigenvalue weighted by Gasteiger charge is 2.36. The molecule has 0 radical (unpaired) electrons. The van der Waals surface area contributed by atoms with E-state index in [2.05, 4.69) is 5.32 Å². The van der Waals surface area contributed by atoms with E-state index < -0.39 is 22.8 Å². The number of amides is 1. The highest BCUT2D eigenvalue weighted by molar-refractivity contribution is 7.20. The van der Waals surface area contributed by atoms with Crippen LogP contribution >= 0.6 is 11.3 Å².